The van der Waals surface area contributed by atoms with Crippen LogP contribution in [-0.4, -0.2) is 69.4 Å². The topological polar surface area (TPSA) is 158 Å². The first kappa shape index (κ1) is 102. The minimum absolute atomic E-state index is 0.162. The van der Waals surface area contributed by atoms with Gasteiger partial charge in [0.2, 0.25) is 0 Å². The Hall–Kier alpha value is -4.74. The van der Waals surface area contributed by atoms with E-state index in [9.17, 15) is 28.8 Å². The van der Waals surface area contributed by atoms with E-state index in [2.05, 4.69) is 178 Å². The summed E-state index contributed by atoms with van der Waals surface area (Å²) in [6, 6.07) is 0. The maximum atomic E-state index is 12.4. The highest BCUT2D eigenvalue weighted by Crippen LogP contribution is 2.74. The Morgan fingerprint density at radius 3 is 0.713 bits per heavy atom. The summed E-state index contributed by atoms with van der Waals surface area (Å²) in [6.45, 7) is 74.1. The van der Waals surface area contributed by atoms with Gasteiger partial charge >= 0.3 is 35.8 Å². The zero-order valence-corrected chi connectivity index (χ0v) is 86.4. The highest BCUT2D eigenvalue weighted by atomic mass is 16.6. The highest BCUT2D eigenvalue weighted by Gasteiger charge is 2.71. The van der Waals surface area contributed by atoms with Gasteiger partial charge in [0.05, 0.1) is 0 Å². The van der Waals surface area contributed by atoms with Crippen LogP contribution in [0.3, 0.4) is 0 Å². The molecular formula is C117H186O12. The predicted molar refractivity (Wildman–Crippen MR) is 522 cm³/mol. The van der Waals surface area contributed by atoms with Crippen LogP contribution in [0.2, 0.25) is 0 Å². The smallest absolute Gasteiger partial charge is 0.333 e. The molecule has 0 saturated heterocycles. The van der Waals surface area contributed by atoms with E-state index >= 15 is 0 Å². The molecule has 0 amide bonds. The molecular weight excluding hydrogens is 1600 g/mol. The van der Waals surface area contributed by atoms with Gasteiger partial charge in [0.1, 0.15) is 33.6 Å². The summed E-state index contributed by atoms with van der Waals surface area (Å²) >= 11 is 0. The normalized spacial score (nSPS) is 44.0. The van der Waals surface area contributed by atoms with E-state index in [0.717, 1.165) is 99.7 Å². The quantitative estimate of drug-likeness (QED) is 0.0459. The van der Waals surface area contributed by atoms with Crippen LogP contribution < -0.4 is 0 Å². The number of rotatable bonds is 26. The van der Waals surface area contributed by atoms with E-state index in [1.54, 1.807) is 20.8 Å². The third-order valence-electron chi connectivity index (χ3n) is 39.9. The zero-order valence-electron chi connectivity index (χ0n) is 86.4. The molecule has 726 valence electrons. The van der Waals surface area contributed by atoms with Crippen LogP contribution in [0.15, 0.2) is 74.4 Å². The van der Waals surface area contributed by atoms with Crippen molar-refractivity contribution in [2.24, 2.45) is 174 Å². The number of hydrogen-bond donors (Lipinski definition) is 0. The molecule has 0 N–H and O–H groups in total. The van der Waals surface area contributed by atoms with Gasteiger partial charge in [0.15, 0.2) is 0 Å². The van der Waals surface area contributed by atoms with Gasteiger partial charge in [-0.25, -0.2) is 28.8 Å². The molecule has 24 aliphatic carbocycles. The lowest BCUT2D eigenvalue weighted by Crippen LogP contribution is -2.65. The summed E-state index contributed by atoms with van der Waals surface area (Å²) in [5.74, 6) is 13.1. The van der Waals surface area contributed by atoms with Gasteiger partial charge in [-0.2, -0.15) is 0 Å². The fraction of sp³-hybridized carbons (Fsp3) is 0.846. The zero-order chi connectivity index (χ0) is 94.5. The molecule has 14 atom stereocenters. The van der Waals surface area contributed by atoms with Crippen LogP contribution in [0, 0.1) is 174 Å². The maximum Gasteiger partial charge on any atom is 0.333 e. The first-order valence-corrected chi connectivity index (χ1v) is 53.4. The predicted octanol–water partition coefficient (Wildman–Crippen LogP) is 29.6. The van der Waals surface area contributed by atoms with E-state index in [1.807, 2.05) is 0 Å². The SMILES string of the molecule is C=C(C)C(=O)OC1(C(CC)CC)C2CC3CC1CC(C)(C3)C2.C=C(C)C(=O)OC1(CC(C)(C)C)C2CC3CC1CC(C)(C3)C2.C=C(C)C(=O)OC1(CC(C)CC)C2CC3CC1CC(C)(C3)C2.C=CC(=O)OC1(C(CC)CC)C2CC3CC1CC(C)(C3)C2.C=CC(=O)OC1(CC(C)(C)C)C2CC3CC1CC(C)(C3)C2.C=CC(=O)OC1(CC(C)CC)C2CC3CC1CC(C)(C3)C2. The van der Waals surface area contributed by atoms with E-state index in [0.29, 0.717) is 144 Å². The van der Waals surface area contributed by atoms with Gasteiger partial charge in [0, 0.05) is 58.6 Å². The third kappa shape index (κ3) is 20.2. The fourth-order valence-corrected chi connectivity index (χ4v) is 36.8. The van der Waals surface area contributed by atoms with Crippen molar-refractivity contribution in [2.75, 3.05) is 0 Å². The van der Waals surface area contributed by atoms with Crippen LogP contribution in [-0.2, 0) is 57.2 Å². The molecule has 0 aliphatic heterocycles. The highest BCUT2D eigenvalue weighted by molar-refractivity contribution is 5.88. The second kappa shape index (κ2) is 37.6. The number of carbonyl (C=O) groups excluding carboxylic acids is 6. The van der Waals surface area contributed by atoms with Crippen LogP contribution in [0.25, 0.3) is 0 Å². The molecule has 24 rings (SSSR count). The summed E-state index contributed by atoms with van der Waals surface area (Å²) in [5.41, 5.74) is 3.69. The Bertz CT molecular complexity index is 4020. The molecule has 0 aromatic rings. The first-order valence-electron chi connectivity index (χ1n) is 53.4. The van der Waals surface area contributed by atoms with Crippen molar-refractivity contribution in [2.45, 2.75) is 450 Å². The molecule has 24 saturated carbocycles. The Kier molecular flexibility index (Phi) is 29.7. The van der Waals surface area contributed by atoms with Crippen molar-refractivity contribution in [1.29, 1.82) is 0 Å². The van der Waals surface area contributed by atoms with Crippen molar-refractivity contribution in [1.82, 2.24) is 0 Å². The molecule has 0 radical (unpaired) electrons. The van der Waals surface area contributed by atoms with Gasteiger partial charge in [-0.3, -0.25) is 0 Å². The first-order chi connectivity index (χ1) is 60.2. The molecule has 129 heavy (non-hydrogen) atoms. The van der Waals surface area contributed by atoms with Crippen molar-refractivity contribution in [3.05, 3.63) is 74.4 Å². The van der Waals surface area contributed by atoms with Crippen molar-refractivity contribution >= 4 is 35.8 Å². The molecule has 12 nitrogen and oxygen atoms in total. The van der Waals surface area contributed by atoms with Crippen molar-refractivity contribution in [3.63, 3.8) is 0 Å². The Morgan fingerprint density at radius 1 is 0.295 bits per heavy atom. The molecule has 0 spiro atoms. The molecule has 24 aliphatic rings. The summed E-state index contributed by atoms with van der Waals surface area (Å²) in [6.07, 6.45) is 53.4. The molecule has 0 aromatic heterocycles. The molecule has 24 bridgehead atoms. The average molecular weight is 1780 g/mol. The number of ether oxygens (including phenoxy) is 6. The Balaban J connectivity index is 0.000000132. The van der Waals surface area contributed by atoms with Gasteiger partial charge < -0.3 is 28.4 Å². The summed E-state index contributed by atoms with van der Waals surface area (Å²) in [4.78, 5) is 73.3. The Labute approximate surface area is 786 Å². The number of carbonyl (C=O) groups is 6. The lowest BCUT2D eigenvalue weighted by Gasteiger charge is -2.65. The second-order valence-corrected chi connectivity index (χ2v) is 53.8. The molecule has 12 heteroatoms. The van der Waals surface area contributed by atoms with Gasteiger partial charge in [-0.1, -0.05) is 191 Å². The summed E-state index contributed by atoms with van der Waals surface area (Å²) in [5, 5.41) is 0. The van der Waals surface area contributed by atoms with E-state index in [4.69, 9.17) is 28.4 Å². The monoisotopic (exact) mass is 1780 g/mol. The maximum absolute atomic E-state index is 12.4. The standard InChI is InChI=1S/3C20H32O2.3C19H30O2/c1-13(2)17(21)22-20(12-18(3,4)5)15-7-14-8-16(20)11-19(6,9-14)10-15;1-6-14(4)9-20(22-18(21)13(2)3)16-7-15-8-17(20)12-19(5,10-15)11-16;1-6-15(7-2)20(22-18(21)13(3)4)16-8-14-9-17(20)12-19(5,10-14)11-16;1-6-16(20)21-19(12-17(2,3)4)14-7-13-8-15(19)11-18(5,9-13)10-14;1-5-13(3)9-19(21-17(20)6-2)15-7-14-8-16(19)12-18(4,10-14)11-15;1-5-14(6-2)19(21-17(20)7-3)15-8-13-9-16(19)12-18(4,10-13)11-15/h14-16H,1,7-12H2,2-6H3;14-17H,2,6-12H2,1,3-5H3;14-17H,3,6-12H2,1-2,4-5H3;6,13-15H,1,7-12H2,2-5H3;6,13-16H,2,5,7-12H2,1,3-4H3;7,13-16H,3,5-6,8-12H2,1-2,4H3. The lowest BCUT2D eigenvalue weighted by molar-refractivity contribution is -0.240. The molecule has 0 heterocycles. The van der Waals surface area contributed by atoms with Crippen molar-refractivity contribution in [3.8, 4) is 0 Å². The summed E-state index contributed by atoms with van der Waals surface area (Å²) in [7, 11) is 0. The van der Waals surface area contributed by atoms with Crippen LogP contribution in [0.5, 0.6) is 0 Å². The minimum Gasteiger partial charge on any atom is -0.455 e. The fourth-order valence-electron chi connectivity index (χ4n) is 36.8. The lowest BCUT2D eigenvalue weighted by atomic mass is 9.42. The average Bonchev–Trinajstić information content (AvgIpc) is 0.699. The van der Waals surface area contributed by atoms with Gasteiger partial charge in [0.25, 0.3) is 0 Å². The minimum atomic E-state index is -0.245. The molecule has 24 fully saturated rings. The van der Waals surface area contributed by atoms with Crippen LogP contribution in [0.4, 0.5) is 0 Å². The van der Waals surface area contributed by atoms with E-state index in [1.165, 1.54) is 211 Å². The molecule has 14 unspecified atom stereocenters. The van der Waals surface area contributed by atoms with Crippen LogP contribution in [0.1, 0.15) is 416 Å². The summed E-state index contributed by atoms with van der Waals surface area (Å²) < 4.78 is 37.3. The molecule has 0 aromatic carbocycles. The van der Waals surface area contributed by atoms with Crippen molar-refractivity contribution < 1.29 is 57.2 Å². The number of esters is 6. The second-order valence-electron chi connectivity index (χ2n) is 53.8. The van der Waals surface area contributed by atoms with Crippen LogP contribution >= 0.6 is 0 Å². The number of hydrogen-bond acceptors (Lipinski definition) is 12. The Morgan fingerprint density at radius 2 is 0.488 bits per heavy atom. The van der Waals surface area contributed by atoms with Gasteiger partial charge in [-0.05, 0) is 415 Å². The van der Waals surface area contributed by atoms with E-state index < -0.39 is 0 Å². The van der Waals surface area contributed by atoms with E-state index in [-0.39, 0.29) is 80.3 Å². The largest absolute Gasteiger partial charge is 0.455 e. The van der Waals surface area contributed by atoms with Gasteiger partial charge in [-0.15, -0.1) is 0 Å². The third-order valence-corrected chi connectivity index (χ3v) is 39.9.